The standard InChI is InChI=1S/C22H36O8/c1-9-20(4,17(25)27-7)14-21(5,18(26)28-8)13-19(2,3)16(24)30-22(6)10-11-29-15(23)12-22/h9-14H2,1-8H3. The Balaban J connectivity index is 3.12. The second-order valence-corrected chi connectivity index (χ2v) is 9.68. The van der Waals surface area contributed by atoms with Crippen LogP contribution in [0.1, 0.15) is 73.6 Å². The molecule has 0 N–H and O–H groups in total. The van der Waals surface area contributed by atoms with Gasteiger partial charge in [0.25, 0.3) is 0 Å². The normalized spacial score (nSPS) is 23.4. The second-order valence-electron chi connectivity index (χ2n) is 9.68. The van der Waals surface area contributed by atoms with Gasteiger partial charge < -0.3 is 18.9 Å². The molecule has 0 spiro atoms. The summed E-state index contributed by atoms with van der Waals surface area (Å²) in [4.78, 5) is 49.8. The van der Waals surface area contributed by atoms with Crippen molar-refractivity contribution in [2.45, 2.75) is 79.2 Å². The lowest BCUT2D eigenvalue weighted by molar-refractivity contribution is -0.184. The highest BCUT2D eigenvalue weighted by Gasteiger charge is 2.50. The fourth-order valence-corrected chi connectivity index (χ4v) is 4.22. The molecule has 1 heterocycles. The van der Waals surface area contributed by atoms with Gasteiger partial charge in [-0.25, -0.2) is 0 Å². The molecule has 1 aliphatic heterocycles. The Hall–Kier alpha value is -2.12. The van der Waals surface area contributed by atoms with Crippen molar-refractivity contribution in [2.24, 2.45) is 16.2 Å². The van der Waals surface area contributed by atoms with Crippen LogP contribution >= 0.6 is 0 Å². The van der Waals surface area contributed by atoms with Crippen LogP contribution < -0.4 is 0 Å². The number of esters is 4. The first-order valence-electron chi connectivity index (χ1n) is 10.2. The highest BCUT2D eigenvalue weighted by Crippen LogP contribution is 2.46. The third-order valence-corrected chi connectivity index (χ3v) is 6.05. The lowest BCUT2D eigenvalue weighted by Crippen LogP contribution is -2.47. The van der Waals surface area contributed by atoms with Crippen LogP contribution in [0.3, 0.4) is 0 Å². The second kappa shape index (κ2) is 9.35. The van der Waals surface area contributed by atoms with Gasteiger partial charge in [-0.3, -0.25) is 19.2 Å². The van der Waals surface area contributed by atoms with Crippen LogP contribution in [-0.4, -0.2) is 50.3 Å². The van der Waals surface area contributed by atoms with E-state index in [-0.39, 0.29) is 25.9 Å². The Morgan fingerprint density at radius 1 is 0.967 bits per heavy atom. The molecule has 0 amide bonds. The van der Waals surface area contributed by atoms with Crippen molar-refractivity contribution >= 4 is 23.9 Å². The molecule has 3 unspecified atom stereocenters. The largest absolute Gasteiger partial charge is 0.469 e. The van der Waals surface area contributed by atoms with Crippen molar-refractivity contribution in [3.8, 4) is 0 Å². The van der Waals surface area contributed by atoms with Gasteiger partial charge in [0.15, 0.2) is 0 Å². The van der Waals surface area contributed by atoms with E-state index in [1.807, 2.05) is 6.92 Å². The molecular weight excluding hydrogens is 392 g/mol. The first-order valence-corrected chi connectivity index (χ1v) is 10.2. The van der Waals surface area contributed by atoms with Crippen molar-refractivity contribution in [3.63, 3.8) is 0 Å². The van der Waals surface area contributed by atoms with Gasteiger partial charge in [-0.05, 0) is 53.9 Å². The van der Waals surface area contributed by atoms with Crippen molar-refractivity contribution in [2.75, 3.05) is 20.8 Å². The van der Waals surface area contributed by atoms with Crippen molar-refractivity contribution in [3.05, 3.63) is 0 Å². The molecule has 0 aromatic carbocycles. The highest BCUT2D eigenvalue weighted by molar-refractivity contribution is 5.83. The van der Waals surface area contributed by atoms with E-state index >= 15 is 0 Å². The van der Waals surface area contributed by atoms with Gasteiger partial charge in [-0.2, -0.15) is 0 Å². The first-order chi connectivity index (χ1) is 13.7. The number of carbonyl (C=O) groups excluding carboxylic acids is 4. The van der Waals surface area contributed by atoms with Gasteiger partial charge in [0, 0.05) is 6.42 Å². The minimum atomic E-state index is -1.14. The summed E-state index contributed by atoms with van der Waals surface area (Å²) < 4.78 is 20.6. The van der Waals surface area contributed by atoms with E-state index in [4.69, 9.17) is 18.9 Å². The number of methoxy groups -OCH3 is 2. The van der Waals surface area contributed by atoms with E-state index < -0.39 is 45.7 Å². The average molecular weight is 429 g/mol. The van der Waals surface area contributed by atoms with E-state index in [1.165, 1.54) is 14.2 Å². The Bertz CT molecular complexity index is 685. The summed E-state index contributed by atoms with van der Waals surface area (Å²) in [6.07, 6.45) is 1.09. The van der Waals surface area contributed by atoms with Crippen LogP contribution in [0.4, 0.5) is 0 Å². The van der Waals surface area contributed by atoms with E-state index in [0.717, 1.165) is 0 Å². The molecular formula is C22H36O8. The van der Waals surface area contributed by atoms with Gasteiger partial charge in [-0.1, -0.05) is 6.92 Å². The number of hydrogen-bond acceptors (Lipinski definition) is 8. The Morgan fingerprint density at radius 3 is 1.97 bits per heavy atom. The zero-order chi connectivity index (χ0) is 23.4. The lowest BCUT2D eigenvalue weighted by Gasteiger charge is -2.40. The molecule has 30 heavy (non-hydrogen) atoms. The number of ether oxygens (including phenoxy) is 4. The van der Waals surface area contributed by atoms with Crippen molar-refractivity contribution < 1.29 is 38.1 Å². The van der Waals surface area contributed by atoms with E-state index in [1.54, 1.807) is 34.6 Å². The van der Waals surface area contributed by atoms with E-state index in [2.05, 4.69) is 0 Å². The quantitative estimate of drug-likeness (QED) is 0.407. The summed E-state index contributed by atoms with van der Waals surface area (Å²) in [7, 11) is 2.59. The molecule has 1 saturated heterocycles. The van der Waals surface area contributed by atoms with Gasteiger partial charge >= 0.3 is 23.9 Å². The van der Waals surface area contributed by atoms with Crippen LogP contribution in [-0.2, 0) is 38.1 Å². The molecule has 172 valence electrons. The minimum absolute atomic E-state index is 0.0145. The topological polar surface area (TPSA) is 105 Å². The molecule has 0 bridgehead atoms. The monoisotopic (exact) mass is 428 g/mol. The maximum atomic E-state index is 13.0. The molecule has 0 aromatic rings. The highest BCUT2D eigenvalue weighted by atomic mass is 16.6. The number of hydrogen-bond donors (Lipinski definition) is 0. The first kappa shape index (κ1) is 25.9. The molecule has 3 atom stereocenters. The zero-order valence-corrected chi connectivity index (χ0v) is 19.5. The molecule has 0 aliphatic carbocycles. The van der Waals surface area contributed by atoms with Crippen molar-refractivity contribution in [1.29, 1.82) is 0 Å². The van der Waals surface area contributed by atoms with Crippen LogP contribution in [0, 0.1) is 16.2 Å². The van der Waals surface area contributed by atoms with Crippen LogP contribution in [0.5, 0.6) is 0 Å². The molecule has 1 rings (SSSR count). The molecule has 0 radical (unpaired) electrons. The van der Waals surface area contributed by atoms with E-state index in [9.17, 15) is 19.2 Å². The predicted octanol–water partition coefficient (Wildman–Crippen LogP) is 3.20. The summed E-state index contributed by atoms with van der Waals surface area (Å²) in [6.45, 7) is 10.5. The number of carbonyl (C=O) groups is 4. The summed E-state index contributed by atoms with van der Waals surface area (Å²) in [5.41, 5.74) is -4.08. The van der Waals surface area contributed by atoms with Crippen LogP contribution in [0.15, 0.2) is 0 Å². The third kappa shape index (κ3) is 5.95. The Morgan fingerprint density at radius 2 is 1.50 bits per heavy atom. The Labute approximate surface area is 178 Å². The maximum Gasteiger partial charge on any atom is 0.312 e. The zero-order valence-electron chi connectivity index (χ0n) is 19.5. The fraction of sp³-hybridized carbons (Fsp3) is 0.818. The fourth-order valence-electron chi connectivity index (χ4n) is 4.22. The predicted molar refractivity (Wildman–Crippen MR) is 108 cm³/mol. The van der Waals surface area contributed by atoms with Gasteiger partial charge in [0.05, 0.1) is 43.5 Å². The van der Waals surface area contributed by atoms with Gasteiger partial charge in [0.1, 0.15) is 5.60 Å². The molecule has 0 saturated carbocycles. The van der Waals surface area contributed by atoms with Gasteiger partial charge in [0.2, 0.25) is 0 Å². The molecule has 8 nitrogen and oxygen atoms in total. The minimum Gasteiger partial charge on any atom is -0.469 e. The molecule has 1 fully saturated rings. The maximum absolute atomic E-state index is 13.0. The number of rotatable bonds is 9. The summed E-state index contributed by atoms with van der Waals surface area (Å²) in [5, 5.41) is 0. The summed E-state index contributed by atoms with van der Waals surface area (Å²) >= 11 is 0. The molecule has 0 aromatic heterocycles. The lowest BCUT2D eigenvalue weighted by atomic mass is 9.65. The smallest absolute Gasteiger partial charge is 0.312 e. The SMILES string of the molecule is CCC(C)(CC(C)(CC(C)(C)C(=O)OC1(C)CCOC(=O)C1)C(=O)OC)C(=O)OC. The average Bonchev–Trinajstić information content (AvgIpc) is 2.65. The third-order valence-electron chi connectivity index (χ3n) is 6.05. The van der Waals surface area contributed by atoms with Crippen LogP contribution in [0.2, 0.25) is 0 Å². The van der Waals surface area contributed by atoms with E-state index in [0.29, 0.717) is 12.8 Å². The summed E-state index contributed by atoms with van der Waals surface area (Å²) in [5.74, 6) is -1.87. The molecule has 8 heteroatoms. The van der Waals surface area contributed by atoms with Crippen LogP contribution in [0.25, 0.3) is 0 Å². The van der Waals surface area contributed by atoms with Gasteiger partial charge in [-0.15, -0.1) is 0 Å². The Kier molecular flexibility index (Phi) is 8.08. The van der Waals surface area contributed by atoms with Crippen molar-refractivity contribution in [1.82, 2.24) is 0 Å². The summed E-state index contributed by atoms with van der Waals surface area (Å²) in [6, 6.07) is 0. The molecule has 1 aliphatic rings. The number of cyclic esters (lactones) is 1.